The smallest absolute Gasteiger partial charge is 0.294 e. The molecular weight excluding hydrogens is 360 g/mol. The van der Waals surface area contributed by atoms with Crippen molar-refractivity contribution in [3.63, 3.8) is 0 Å². The summed E-state index contributed by atoms with van der Waals surface area (Å²) >= 11 is 0. The highest BCUT2D eigenvalue weighted by Crippen LogP contribution is 2.42. The van der Waals surface area contributed by atoms with Gasteiger partial charge in [-0.2, -0.15) is 8.42 Å². The quantitative estimate of drug-likeness (QED) is 0.613. The van der Waals surface area contributed by atoms with Gasteiger partial charge in [0.05, 0.1) is 4.90 Å². The van der Waals surface area contributed by atoms with E-state index in [0.29, 0.717) is 11.1 Å². The molecule has 140 valence electrons. The average molecular weight is 382 g/mol. The van der Waals surface area contributed by atoms with Gasteiger partial charge < -0.3 is 5.11 Å². The fourth-order valence-electron chi connectivity index (χ4n) is 3.55. The van der Waals surface area contributed by atoms with Crippen LogP contribution in [0.15, 0.2) is 77.7 Å². The Kier molecular flexibility index (Phi) is 5.35. The molecule has 27 heavy (non-hydrogen) atoms. The van der Waals surface area contributed by atoms with E-state index >= 15 is 0 Å². The standard InChI is InChI=1S/C22H22O4S/c1-15(17-9-5-3-6-10-17)21-19(23)13-14-20(27(24,25)26)22(21)16(2)18-11-7-4-8-12-18/h3-16,23H,1-2H3,(H,24,25,26). The molecular formula is C22H22O4S. The Morgan fingerprint density at radius 1 is 0.704 bits per heavy atom. The summed E-state index contributed by atoms with van der Waals surface area (Å²) in [5, 5.41) is 10.6. The Morgan fingerprint density at radius 3 is 1.59 bits per heavy atom. The number of aromatic hydroxyl groups is 1. The number of phenols is 1. The lowest BCUT2D eigenvalue weighted by molar-refractivity contribution is 0.460. The third-order valence-corrected chi connectivity index (χ3v) is 5.88. The summed E-state index contributed by atoms with van der Waals surface area (Å²) in [4.78, 5) is -0.172. The number of benzene rings is 3. The van der Waals surface area contributed by atoms with Crippen molar-refractivity contribution in [1.82, 2.24) is 0 Å². The molecule has 2 atom stereocenters. The van der Waals surface area contributed by atoms with E-state index in [1.54, 1.807) is 0 Å². The van der Waals surface area contributed by atoms with E-state index in [1.165, 1.54) is 12.1 Å². The van der Waals surface area contributed by atoms with Crippen LogP contribution in [0, 0.1) is 0 Å². The highest BCUT2D eigenvalue weighted by molar-refractivity contribution is 7.85. The van der Waals surface area contributed by atoms with Gasteiger partial charge in [0.1, 0.15) is 5.75 Å². The van der Waals surface area contributed by atoms with Crippen molar-refractivity contribution in [2.45, 2.75) is 30.6 Å². The first-order valence-electron chi connectivity index (χ1n) is 8.74. The molecule has 5 heteroatoms. The molecule has 0 saturated carbocycles. The van der Waals surface area contributed by atoms with Gasteiger partial charge in [0.15, 0.2) is 0 Å². The normalized spacial score (nSPS) is 13.9. The maximum absolute atomic E-state index is 12.1. The SMILES string of the molecule is CC(c1ccccc1)c1c(O)ccc(S(=O)(=O)O)c1C(C)c1ccccc1. The van der Waals surface area contributed by atoms with Crippen molar-refractivity contribution in [1.29, 1.82) is 0 Å². The molecule has 0 aliphatic heterocycles. The Balaban J connectivity index is 2.29. The van der Waals surface area contributed by atoms with Gasteiger partial charge in [-0.05, 0) is 28.8 Å². The molecule has 2 N–H and O–H groups in total. The van der Waals surface area contributed by atoms with Crippen LogP contribution < -0.4 is 0 Å². The lowest BCUT2D eigenvalue weighted by Crippen LogP contribution is -2.12. The molecule has 0 spiro atoms. The zero-order valence-corrected chi connectivity index (χ0v) is 16.0. The van der Waals surface area contributed by atoms with Crippen LogP contribution in [-0.4, -0.2) is 18.1 Å². The van der Waals surface area contributed by atoms with Crippen LogP contribution in [0.3, 0.4) is 0 Å². The predicted octanol–water partition coefficient (Wildman–Crippen LogP) is 4.94. The predicted molar refractivity (Wildman–Crippen MR) is 106 cm³/mol. The highest BCUT2D eigenvalue weighted by atomic mass is 32.2. The minimum atomic E-state index is -4.45. The molecule has 4 nitrogen and oxygen atoms in total. The first-order chi connectivity index (χ1) is 12.8. The molecule has 0 saturated heterocycles. The van der Waals surface area contributed by atoms with Crippen LogP contribution in [0.2, 0.25) is 0 Å². The summed E-state index contributed by atoms with van der Waals surface area (Å²) in [6.07, 6.45) is 0. The zero-order chi connectivity index (χ0) is 19.6. The largest absolute Gasteiger partial charge is 0.508 e. The molecule has 3 rings (SSSR count). The van der Waals surface area contributed by atoms with E-state index < -0.39 is 10.1 Å². The van der Waals surface area contributed by atoms with E-state index in [2.05, 4.69) is 0 Å². The number of phenolic OH excluding ortho intramolecular Hbond substituents is 1. The summed E-state index contributed by atoms with van der Waals surface area (Å²) in [7, 11) is -4.45. The van der Waals surface area contributed by atoms with Gasteiger partial charge in [0.25, 0.3) is 10.1 Å². The summed E-state index contributed by atoms with van der Waals surface area (Å²) in [6, 6.07) is 21.6. The molecule has 0 amide bonds. The lowest BCUT2D eigenvalue weighted by Gasteiger charge is -2.25. The molecule has 0 aliphatic rings. The van der Waals surface area contributed by atoms with Gasteiger partial charge in [0, 0.05) is 17.4 Å². The van der Waals surface area contributed by atoms with Gasteiger partial charge in [-0.1, -0.05) is 74.5 Å². The molecule has 3 aromatic carbocycles. The van der Waals surface area contributed by atoms with Crippen molar-refractivity contribution >= 4 is 10.1 Å². The third kappa shape index (κ3) is 3.89. The monoisotopic (exact) mass is 382 g/mol. The summed E-state index contributed by atoms with van der Waals surface area (Å²) < 4.78 is 34.0. The Morgan fingerprint density at radius 2 is 1.15 bits per heavy atom. The van der Waals surface area contributed by atoms with Crippen molar-refractivity contribution in [3.05, 3.63) is 95.1 Å². The fourth-order valence-corrected chi connectivity index (χ4v) is 4.35. The summed E-state index contributed by atoms with van der Waals surface area (Å²) in [6.45, 7) is 3.79. The lowest BCUT2D eigenvalue weighted by atomic mass is 9.82. The number of hydrogen-bond acceptors (Lipinski definition) is 3. The van der Waals surface area contributed by atoms with Crippen molar-refractivity contribution in [2.75, 3.05) is 0 Å². The first kappa shape index (κ1) is 19.1. The second kappa shape index (κ2) is 7.55. The van der Waals surface area contributed by atoms with Crippen molar-refractivity contribution in [2.24, 2.45) is 0 Å². The van der Waals surface area contributed by atoms with Crippen LogP contribution in [0.1, 0.15) is 47.9 Å². The molecule has 0 fully saturated rings. The maximum atomic E-state index is 12.1. The summed E-state index contributed by atoms with van der Waals surface area (Å²) in [5.41, 5.74) is 2.77. The molecule has 2 unspecified atom stereocenters. The topological polar surface area (TPSA) is 74.6 Å². The van der Waals surface area contributed by atoms with Crippen LogP contribution in [0.4, 0.5) is 0 Å². The summed E-state index contributed by atoms with van der Waals surface area (Å²) in [5.74, 6) is -0.581. The van der Waals surface area contributed by atoms with Crippen LogP contribution in [0.25, 0.3) is 0 Å². The molecule has 0 aliphatic carbocycles. The third-order valence-electron chi connectivity index (χ3n) is 4.97. The Labute approximate surface area is 159 Å². The molecule has 0 bridgehead atoms. The van der Waals surface area contributed by atoms with Gasteiger partial charge in [-0.25, -0.2) is 0 Å². The average Bonchev–Trinajstić information content (AvgIpc) is 2.67. The maximum Gasteiger partial charge on any atom is 0.294 e. The minimum absolute atomic E-state index is 0.0107. The van der Waals surface area contributed by atoms with Crippen molar-refractivity contribution < 1.29 is 18.1 Å². The number of hydrogen-bond donors (Lipinski definition) is 2. The molecule has 3 aromatic rings. The van der Waals surface area contributed by atoms with Gasteiger partial charge in [0.2, 0.25) is 0 Å². The minimum Gasteiger partial charge on any atom is -0.508 e. The van der Waals surface area contributed by atoms with E-state index in [4.69, 9.17) is 0 Å². The number of rotatable bonds is 5. The van der Waals surface area contributed by atoms with Crippen molar-refractivity contribution in [3.8, 4) is 5.75 Å². The van der Waals surface area contributed by atoms with E-state index in [0.717, 1.165) is 11.1 Å². The second-order valence-electron chi connectivity index (χ2n) is 6.65. The highest BCUT2D eigenvalue weighted by Gasteiger charge is 2.28. The Hall–Kier alpha value is -2.63. The molecule has 0 heterocycles. The van der Waals surface area contributed by atoms with E-state index in [9.17, 15) is 18.1 Å². The van der Waals surface area contributed by atoms with Gasteiger partial charge in [-0.15, -0.1) is 0 Å². The van der Waals surface area contributed by atoms with Crippen LogP contribution in [-0.2, 0) is 10.1 Å². The Bertz CT molecular complexity index is 1030. The fraction of sp³-hybridized carbons (Fsp3) is 0.182. The van der Waals surface area contributed by atoms with Gasteiger partial charge in [-0.3, -0.25) is 4.55 Å². The first-order valence-corrected chi connectivity index (χ1v) is 10.2. The van der Waals surface area contributed by atoms with Crippen LogP contribution >= 0.6 is 0 Å². The molecule has 0 aromatic heterocycles. The van der Waals surface area contributed by atoms with E-state index in [-0.39, 0.29) is 22.5 Å². The van der Waals surface area contributed by atoms with Crippen LogP contribution in [0.5, 0.6) is 5.75 Å². The van der Waals surface area contributed by atoms with E-state index in [1.807, 2.05) is 74.5 Å². The van der Waals surface area contributed by atoms with Gasteiger partial charge >= 0.3 is 0 Å². The second-order valence-corrected chi connectivity index (χ2v) is 8.04. The zero-order valence-electron chi connectivity index (χ0n) is 15.2. The molecule has 0 radical (unpaired) electrons.